The lowest BCUT2D eigenvalue weighted by atomic mass is 10.0. The summed E-state index contributed by atoms with van der Waals surface area (Å²) >= 11 is 0. The van der Waals surface area contributed by atoms with E-state index in [9.17, 15) is 9.59 Å². The van der Waals surface area contributed by atoms with Crippen LogP contribution in [0.4, 0.5) is 0 Å². The molecule has 2 unspecified atom stereocenters. The summed E-state index contributed by atoms with van der Waals surface area (Å²) in [7, 11) is 0. The van der Waals surface area contributed by atoms with E-state index in [1.807, 2.05) is 54.3 Å². The van der Waals surface area contributed by atoms with Crippen LogP contribution in [0.5, 0.6) is 5.75 Å². The number of ether oxygens (including phenoxy) is 1. The van der Waals surface area contributed by atoms with Crippen molar-refractivity contribution in [3.8, 4) is 5.75 Å². The zero-order valence-corrected chi connectivity index (χ0v) is 22.7. The van der Waals surface area contributed by atoms with Crippen LogP contribution >= 0.6 is 0 Å². The number of benzene rings is 3. The summed E-state index contributed by atoms with van der Waals surface area (Å²) in [4.78, 5) is 27.4. The number of nitrogens with one attached hydrogen (secondary N) is 2. The molecule has 6 heteroatoms. The minimum absolute atomic E-state index is 0.144. The summed E-state index contributed by atoms with van der Waals surface area (Å²) in [6, 6.07) is 24.7. The topological polar surface area (TPSA) is 70.7 Å². The van der Waals surface area contributed by atoms with E-state index in [0.29, 0.717) is 31.6 Å². The lowest BCUT2D eigenvalue weighted by Gasteiger charge is -2.36. The molecule has 2 N–H and O–H groups in total. The van der Waals surface area contributed by atoms with Crippen LogP contribution in [0.25, 0.3) is 0 Å². The number of carbonyl (C=O) groups is 2. The van der Waals surface area contributed by atoms with Gasteiger partial charge < -0.3 is 20.3 Å². The average Bonchev–Trinajstić information content (AvgIpc) is 2.89. The second-order valence-electron chi connectivity index (χ2n) is 10.2. The molecule has 1 aliphatic heterocycles. The number of nitrogens with zero attached hydrogens (tertiary/aromatic N) is 1. The van der Waals surface area contributed by atoms with E-state index < -0.39 is 6.23 Å². The Morgan fingerprint density at radius 1 is 1.00 bits per heavy atom. The minimum atomic E-state index is -0.505. The van der Waals surface area contributed by atoms with Gasteiger partial charge in [0.15, 0.2) is 6.23 Å². The monoisotopic (exact) mass is 513 g/mol. The summed E-state index contributed by atoms with van der Waals surface area (Å²) in [6.07, 6.45) is 1.88. The van der Waals surface area contributed by atoms with Gasteiger partial charge in [0, 0.05) is 45.4 Å². The molecule has 2 amide bonds. The first kappa shape index (κ1) is 27.4. The summed E-state index contributed by atoms with van der Waals surface area (Å²) in [6.45, 7) is 7.92. The average molecular weight is 514 g/mol. The molecular weight excluding hydrogens is 474 g/mol. The number of rotatable bonds is 10. The molecule has 200 valence electrons. The molecule has 1 aliphatic rings. The first-order valence-electron chi connectivity index (χ1n) is 13.5. The third-order valence-electron chi connectivity index (χ3n) is 6.95. The van der Waals surface area contributed by atoms with E-state index in [1.54, 1.807) is 0 Å². The van der Waals surface area contributed by atoms with Crippen LogP contribution in [-0.4, -0.2) is 48.6 Å². The Bertz CT molecular complexity index is 1230. The zero-order valence-electron chi connectivity index (χ0n) is 22.7. The van der Waals surface area contributed by atoms with E-state index >= 15 is 0 Å². The summed E-state index contributed by atoms with van der Waals surface area (Å²) in [5.74, 6) is 0.726. The molecule has 4 rings (SSSR count). The van der Waals surface area contributed by atoms with Gasteiger partial charge in [-0.15, -0.1) is 0 Å². The fourth-order valence-electron chi connectivity index (χ4n) is 5.12. The van der Waals surface area contributed by atoms with Crippen LogP contribution in [0, 0.1) is 13.8 Å². The van der Waals surface area contributed by atoms with Crippen molar-refractivity contribution in [3.05, 3.63) is 101 Å². The van der Waals surface area contributed by atoms with Crippen molar-refractivity contribution < 1.29 is 14.3 Å². The zero-order chi connectivity index (χ0) is 26.9. The van der Waals surface area contributed by atoms with Crippen molar-refractivity contribution in [2.75, 3.05) is 19.6 Å². The number of carbonyl (C=O) groups excluding carboxylic acids is 2. The molecule has 0 radical (unpaired) electrons. The largest absolute Gasteiger partial charge is 0.470 e. The van der Waals surface area contributed by atoms with Crippen molar-refractivity contribution in [2.24, 2.45) is 0 Å². The second-order valence-corrected chi connectivity index (χ2v) is 10.2. The highest BCUT2D eigenvalue weighted by molar-refractivity contribution is 5.77. The van der Waals surface area contributed by atoms with Gasteiger partial charge in [0.05, 0.1) is 0 Å². The van der Waals surface area contributed by atoms with Crippen LogP contribution in [0.15, 0.2) is 72.8 Å². The van der Waals surface area contributed by atoms with Crippen molar-refractivity contribution in [1.82, 2.24) is 15.5 Å². The van der Waals surface area contributed by atoms with E-state index in [2.05, 4.69) is 47.9 Å². The smallest absolute Gasteiger partial charge is 0.223 e. The first-order valence-corrected chi connectivity index (χ1v) is 13.5. The number of amides is 2. The van der Waals surface area contributed by atoms with Crippen molar-refractivity contribution >= 4 is 11.8 Å². The highest BCUT2D eigenvalue weighted by Gasteiger charge is 2.26. The molecule has 0 saturated carbocycles. The predicted molar refractivity (Wildman–Crippen MR) is 151 cm³/mol. The van der Waals surface area contributed by atoms with Gasteiger partial charge >= 0.3 is 0 Å². The van der Waals surface area contributed by atoms with Gasteiger partial charge in [-0.25, -0.2) is 0 Å². The Labute approximate surface area is 226 Å². The van der Waals surface area contributed by atoms with Crippen molar-refractivity contribution in [1.29, 1.82) is 0 Å². The number of piperazine rings is 1. The maximum atomic E-state index is 13.4. The second kappa shape index (κ2) is 13.2. The number of hydrogen-bond donors (Lipinski definition) is 2. The third-order valence-corrected chi connectivity index (χ3v) is 6.95. The van der Waals surface area contributed by atoms with E-state index in [-0.39, 0.29) is 17.9 Å². The summed E-state index contributed by atoms with van der Waals surface area (Å²) in [5.41, 5.74) is 5.59. The Morgan fingerprint density at radius 2 is 1.76 bits per heavy atom. The molecule has 1 fully saturated rings. The van der Waals surface area contributed by atoms with Crippen molar-refractivity contribution in [2.45, 2.75) is 58.7 Å². The fourth-order valence-corrected chi connectivity index (χ4v) is 5.12. The third kappa shape index (κ3) is 7.93. The molecule has 3 aromatic rings. The van der Waals surface area contributed by atoms with Gasteiger partial charge in [-0.1, -0.05) is 77.9 Å². The Balaban J connectivity index is 1.45. The van der Waals surface area contributed by atoms with Crippen LogP contribution in [0.2, 0.25) is 0 Å². The molecule has 6 nitrogen and oxygen atoms in total. The first-order chi connectivity index (χ1) is 18.4. The highest BCUT2D eigenvalue weighted by Crippen LogP contribution is 2.24. The maximum Gasteiger partial charge on any atom is 0.223 e. The van der Waals surface area contributed by atoms with E-state index in [1.165, 1.54) is 12.5 Å². The molecule has 0 aliphatic carbocycles. The van der Waals surface area contributed by atoms with Crippen LogP contribution in [-0.2, 0) is 28.9 Å². The van der Waals surface area contributed by atoms with Crippen LogP contribution in [0.3, 0.4) is 0 Å². The van der Waals surface area contributed by atoms with Crippen molar-refractivity contribution in [3.63, 3.8) is 0 Å². The van der Waals surface area contributed by atoms with Gasteiger partial charge in [-0.05, 0) is 49.4 Å². The van der Waals surface area contributed by atoms with Gasteiger partial charge in [-0.2, -0.15) is 0 Å². The molecule has 0 bridgehead atoms. The van der Waals surface area contributed by atoms with E-state index in [0.717, 1.165) is 41.8 Å². The predicted octanol–water partition coefficient (Wildman–Crippen LogP) is 4.36. The molecule has 2 atom stereocenters. The molecule has 0 spiro atoms. The molecule has 1 saturated heterocycles. The normalized spacial score (nSPS) is 16.1. The Morgan fingerprint density at radius 3 is 2.53 bits per heavy atom. The maximum absolute atomic E-state index is 13.4. The molecular formula is C32H39N3O3. The summed E-state index contributed by atoms with van der Waals surface area (Å²) in [5, 5.41) is 6.38. The van der Waals surface area contributed by atoms with Gasteiger partial charge in [0.1, 0.15) is 5.75 Å². The molecule has 38 heavy (non-hydrogen) atoms. The summed E-state index contributed by atoms with van der Waals surface area (Å²) < 4.78 is 6.37. The fraction of sp³-hybridized carbons (Fsp3) is 0.375. The number of aryl methyl sites for hydroxylation is 3. The lowest BCUT2D eigenvalue weighted by molar-refractivity contribution is -0.134. The molecule has 1 heterocycles. The minimum Gasteiger partial charge on any atom is -0.470 e. The standard InChI is InChI=1S/C32H39N3O3/c1-23-8-7-11-27(18-23)21-31(34-25(3)36)38-30-14-12-24(2)19-28(30)13-15-32(37)35-17-16-33-22-29(35)20-26-9-5-4-6-10-26/h4-12,14,18-19,29,31,33H,13,15-17,20-22H2,1-3H3,(H,34,36). The quantitative estimate of drug-likeness (QED) is 0.395. The lowest BCUT2D eigenvalue weighted by Crippen LogP contribution is -2.54. The van der Waals surface area contributed by atoms with E-state index in [4.69, 9.17) is 4.74 Å². The van der Waals surface area contributed by atoms with Gasteiger partial charge in [-0.3, -0.25) is 9.59 Å². The number of hydrogen-bond acceptors (Lipinski definition) is 4. The van der Waals surface area contributed by atoms with Gasteiger partial charge in [0.2, 0.25) is 11.8 Å². The SMILES string of the molecule is CC(=O)NC(Cc1cccc(C)c1)Oc1ccc(C)cc1CCC(=O)N1CCNCC1Cc1ccccc1. The van der Waals surface area contributed by atoms with Crippen LogP contribution in [0.1, 0.15) is 41.2 Å². The Hall–Kier alpha value is -3.64. The van der Waals surface area contributed by atoms with Gasteiger partial charge in [0.25, 0.3) is 0 Å². The van der Waals surface area contributed by atoms with Crippen LogP contribution < -0.4 is 15.4 Å². The molecule has 0 aromatic heterocycles. The molecule has 3 aromatic carbocycles. The Kier molecular flexibility index (Phi) is 9.55. The highest BCUT2D eigenvalue weighted by atomic mass is 16.5.